The van der Waals surface area contributed by atoms with E-state index in [2.05, 4.69) is 12.1 Å². The topological polar surface area (TPSA) is 55.6 Å². The van der Waals surface area contributed by atoms with E-state index >= 15 is 0 Å². The predicted octanol–water partition coefficient (Wildman–Crippen LogP) is 1.38. The summed E-state index contributed by atoms with van der Waals surface area (Å²) in [5.74, 6) is 1.20. The summed E-state index contributed by atoms with van der Waals surface area (Å²) in [6.45, 7) is 0.765. The average molecular weight is 258 g/mol. The van der Waals surface area contributed by atoms with E-state index in [9.17, 15) is 4.79 Å². The highest BCUT2D eigenvalue weighted by molar-refractivity contribution is 5.81. The van der Waals surface area contributed by atoms with Crippen LogP contribution in [0.1, 0.15) is 36.4 Å². The third kappa shape index (κ3) is 1.74. The summed E-state index contributed by atoms with van der Waals surface area (Å²) in [6, 6.07) is 6.69. The van der Waals surface area contributed by atoms with Crippen LogP contribution in [0.3, 0.4) is 0 Å². The Hall–Kier alpha value is -1.55. The van der Waals surface area contributed by atoms with E-state index in [0.717, 1.165) is 31.6 Å². The van der Waals surface area contributed by atoms with Gasteiger partial charge >= 0.3 is 0 Å². The fourth-order valence-electron chi connectivity index (χ4n) is 3.36. The van der Waals surface area contributed by atoms with Gasteiger partial charge in [-0.15, -0.1) is 0 Å². The zero-order valence-electron chi connectivity index (χ0n) is 10.8. The van der Waals surface area contributed by atoms with Gasteiger partial charge in [0, 0.05) is 24.9 Å². The van der Waals surface area contributed by atoms with Crippen molar-refractivity contribution in [3.63, 3.8) is 0 Å². The summed E-state index contributed by atoms with van der Waals surface area (Å²) >= 11 is 0. The molecule has 100 valence electrons. The summed E-state index contributed by atoms with van der Waals surface area (Å²) in [5, 5.41) is 0. The van der Waals surface area contributed by atoms with E-state index in [0.29, 0.717) is 12.5 Å². The number of likely N-dealkylation sites (tertiary alicyclic amines) is 1. The molecule has 2 N–H and O–H groups in total. The Bertz CT molecular complexity index is 539. The minimum atomic E-state index is -0.0755. The van der Waals surface area contributed by atoms with Gasteiger partial charge in [0.05, 0.1) is 12.6 Å². The highest BCUT2D eigenvalue weighted by atomic mass is 16.5. The monoisotopic (exact) mass is 258 g/mol. The number of carbonyl (C=O) groups excluding carboxylic acids is 1. The molecule has 0 aromatic heterocycles. The SMILES string of the molecule is NC1CC(=O)N(C2CC2)C1c1ccc2c(c1)CCO2. The molecule has 4 rings (SSSR count). The van der Waals surface area contributed by atoms with Crippen LogP contribution in [0.25, 0.3) is 0 Å². The molecular formula is C15H18N2O2. The number of fused-ring (bicyclic) bond motifs is 1. The molecular weight excluding hydrogens is 240 g/mol. The minimum absolute atomic E-state index is 0.0610. The fraction of sp³-hybridized carbons (Fsp3) is 0.533. The molecule has 1 aromatic carbocycles. The van der Waals surface area contributed by atoms with Crippen LogP contribution in [0.4, 0.5) is 0 Å². The van der Waals surface area contributed by atoms with Crippen LogP contribution in [-0.2, 0) is 11.2 Å². The maximum atomic E-state index is 12.1. The number of hydrogen-bond donors (Lipinski definition) is 1. The van der Waals surface area contributed by atoms with Crippen molar-refractivity contribution in [3.8, 4) is 5.75 Å². The van der Waals surface area contributed by atoms with Gasteiger partial charge in [-0.05, 0) is 36.1 Å². The molecule has 1 aromatic rings. The van der Waals surface area contributed by atoms with Crippen molar-refractivity contribution < 1.29 is 9.53 Å². The van der Waals surface area contributed by atoms with Gasteiger partial charge in [-0.3, -0.25) is 4.79 Å². The molecule has 1 aliphatic carbocycles. The molecule has 19 heavy (non-hydrogen) atoms. The van der Waals surface area contributed by atoms with Gasteiger partial charge in [-0.2, -0.15) is 0 Å². The zero-order chi connectivity index (χ0) is 13.0. The Morgan fingerprint density at radius 1 is 1.32 bits per heavy atom. The molecule has 2 unspecified atom stereocenters. The first-order valence-corrected chi connectivity index (χ1v) is 7.06. The van der Waals surface area contributed by atoms with Crippen molar-refractivity contribution in [3.05, 3.63) is 29.3 Å². The van der Waals surface area contributed by atoms with Crippen LogP contribution in [0.5, 0.6) is 5.75 Å². The Labute approximate surface area is 112 Å². The van der Waals surface area contributed by atoms with Crippen LogP contribution >= 0.6 is 0 Å². The lowest BCUT2D eigenvalue weighted by atomic mass is 9.98. The number of nitrogens with two attached hydrogens (primary N) is 1. The number of hydrogen-bond acceptors (Lipinski definition) is 3. The number of nitrogens with zero attached hydrogens (tertiary/aromatic N) is 1. The molecule has 4 heteroatoms. The third-order valence-electron chi connectivity index (χ3n) is 4.40. The molecule has 2 heterocycles. The van der Waals surface area contributed by atoms with E-state index in [1.807, 2.05) is 11.0 Å². The molecule has 4 nitrogen and oxygen atoms in total. The second-order valence-electron chi connectivity index (χ2n) is 5.81. The van der Waals surface area contributed by atoms with Crippen LogP contribution in [-0.4, -0.2) is 29.5 Å². The Balaban J connectivity index is 1.71. The Morgan fingerprint density at radius 3 is 2.95 bits per heavy atom. The van der Waals surface area contributed by atoms with Gasteiger partial charge in [0.15, 0.2) is 0 Å². The first-order valence-electron chi connectivity index (χ1n) is 7.06. The summed E-state index contributed by atoms with van der Waals surface area (Å²) < 4.78 is 5.54. The minimum Gasteiger partial charge on any atom is -0.493 e. The summed E-state index contributed by atoms with van der Waals surface area (Å²) in [7, 11) is 0. The third-order valence-corrected chi connectivity index (χ3v) is 4.40. The van der Waals surface area contributed by atoms with Gasteiger partial charge in [-0.25, -0.2) is 0 Å². The molecule has 0 spiro atoms. The first kappa shape index (κ1) is 11.3. The average Bonchev–Trinajstić information content (AvgIpc) is 3.03. The molecule has 0 bridgehead atoms. The molecule has 3 aliphatic rings. The lowest BCUT2D eigenvalue weighted by Gasteiger charge is -2.27. The number of ether oxygens (including phenoxy) is 1. The largest absolute Gasteiger partial charge is 0.493 e. The summed E-state index contributed by atoms with van der Waals surface area (Å²) in [6.07, 6.45) is 3.70. The van der Waals surface area contributed by atoms with E-state index in [4.69, 9.17) is 10.5 Å². The van der Waals surface area contributed by atoms with Gasteiger partial charge < -0.3 is 15.4 Å². The quantitative estimate of drug-likeness (QED) is 0.872. The normalized spacial score (nSPS) is 29.5. The molecule has 1 amide bonds. The van der Waals surface area contributed by atoms with Gasteiger partial charge in [0.25, 0.3) is 0 Å². The number of benzene rings is 1. The van der Waals surface area contributed by atoms with Gasteiger partial charge in [0.1, 0.15) is 5.75 Å². The van der Waals surface area contributed by atoms with Crippen LogP contribution in [0.15, 0.2) is 18.2 Å². The molecule has 0 radical (unpaired) electrons. The molecule has 2 aliphatic heterocycles. The second-order valence-corrected chi connectivity index (χ2v) is 5.81. The van der Waals surface area contributed by atoms with Crippen molar-refractivity contribution in [1.82, 2.24) is 4.90 Å². The van der Waals surface area contributed by atoms with E-state index in [1.54, 1.807) is 0 Å². The maximum Gasteiger partial charge on any atom is 0.225 e. The smallest absolute Gasteiger partial charge is 0.225 e. The molecule has 1 saturated heterocycles. The van der Waals surface area contributed by atoms with E-state index < -0.39 is 0 Å². The summed E-state index contributed by atoms with van der Waals surface area (Å²) in [4.78, 5) is 14.1. The molecule has 2 fully saturated rings. The fourth-order valence-corrected chi connectivity index (χ4v) is 3.36. The highest BCUT2D eigenvalue weighted by Crippen LogP contribution is 2.42. The van der Waals surface area contributed by atoms with Crippen LogP contribution < -0.4 is 10.5 Å². The van der Waals surface area contributed by atoms with Crippen molar-refractivity contribution in [1.29, 1.82) is 0 Å². The number of rotatable bonds is 2. The first-order chi connectivity index (χ1) is 9.24. The lowest BCUT2D eigenvalue weighted by Crippen LogP contribution is -2.34. The lowest BCUT2D eigenvalue weighted by molar-refractivity contribution is -0.129. The zero-order valence-corrected chi connectivity index (χ0v) is 10.8. The van der Waals surface area contributed by atoms with Crippen LogP contribution in [0.2, 0.25) is 0 Å². The standard InChI is InChI=1S/C15H18N2O2/c16-12-8-14(18)17(11-2-3-11)15(12)10-1-4-13-9(7-10)5-6-19-13/h1,4,7,11-12,15H,2-3,5-6,8,16H2. The number of amides is 1. The van der Waals surface area contributed by atoms with Gasteiger partial charge in [0.2, 0.25) is 5.91 Å². The van der Waals surface area contributed by atoms with E-state index in [1.165, 1.54) is 11.1 Å². The van der Waals surface area contributed by atoms with Crippen molar-refractivity contribution in [2.75, 3.05) is 6.61 Å². The molecule has 2 atom stereocenters. The maximum absolute atomic E-state index is 12.1. The van der Waals surface area contributed by atoms with E-state index in [-0.39, 0.29) is 18.0 Å². The predicted molar refractivity (Wildman–Crippen MR) is 70.8 cm³/mol. The number of carbonyl (C=O) groups is 1. The highest BCUT2D eigenvalue weighted by Gasteiger charge is 2.46. The van der Waals surface area contributed by atoms with Gasteiger partial charge in [-0.1, -0.05) is 6.07 Å². The second kappa shape index (κ2) is 3.97. The van der Waals surface area contributed by atoms with Crippen molar-refractivity contribution in [2.45, 2.75) is 43.8 Å². The summed E-state index contributed by atoms with van der Waals surface area (Å²) in [5.41, 5.74) is 8.63. The van der Waals surface area contributed by atoms with Crippen molar-refractivity contribution in [2.24, 2.45) is 5.73 Å². The van der Waals surface area contributed by atoms with Crippen LogP contribution in [0, 0.1) is 0 Å². The Morgan fingerprint density at radius 2 is 2.16 bits per heavy atom. The molecule has 1 saturated carbocycles. The van der Waals surface area contributed by atoms with Crippen molar-refractivity contribution >= 4 is 5.91 Å². The Kier molecular flexibility index (Phi) is 2.36.